The van der Waals surface area contributed by atoms with E-state index in [2.05, 4.69) is 17.9 Å². The molecule has 0 spiro atoms. The smallest absolute Gasteiger partial charge is 0.124 e. The minimum Gasteiger partial charge on any atom is -0.238 e. The van der Waals surface area contributed by atoms with Gasteiger partial charge in [0.2, 0.25) is 0 Å². The Kier molecular flexibility index (Phi) is 7.42. The van der Waals surface area contributed by atoms with Crippen LogP contribution in [0.3, 0.4) is 0 Å². The number of hydrogen-bond acceptors (Lipinski definition) is 1. The van der Waals surface area contributed by atoms with Crippen LogP contribution in [0.2, 0.25) is 0 Å². The Morgan fingerprint density at radius 3 is 2.19 bits per heavy atom. The summed E-state index contributed by atoms with van der Waals surface area (Å²) >= 11 is 0. The fourth-order valence-electron chi connectivity index (χ4n) is 1.15. The van der Waals surface area contributed by atoms with Gasteiger partial charge in [-0.3, -0.25) is 0 Å². The largest absolute Gasteiger partial charge is 0.238 e. The Morgan fingerprint density at radius 2 is 1.75 bits per heavy atom. The molecular formula is C13H19NOS. The molecule has 0 saturated carbocycles. The SMILES string of the molecule is C=Cc1ccc(S(=O)NC)cc1C=C.CC. The van der Waals surface area contributed by atoms with Gasteiger partial charge in [-0.2, -0.15) is 0 Å². The second-order valence-electron chi connectivity index (χ2n) is 2.67. The first-order valence-electron chi connectivity index (χ1n) is 5.21. The van der Waals surface area contributed by atoms with Crippen LogP contribution in [-0.2, 0) is 11.0 Å². The number of rotatable bonds is 4. The third kappa shape index (κ3) is 3.76. The third-order valence-corrected chi connectivity index (χ3v) is 2.95. The van der Waals surface area contributed by atoms with Crippen molar-refractivity contribution in [3.05, 3.63) is 42.5 Å². The minimum absolute atomic E-state index is 0.744. The zero-order valence-electron chi connectivity index (χ0n) is 10.1. The molecule has 0 radical (unpaired) electrons. The Morgan fingerprint density at radius 1 is 1.19 bits per heavy atom. The molecular weight excluding hydrogens is 218 g/mol. The molecule has 0 aliphatic heterocycles. The van der Waals surface area contributed by atoms with Crippen molar-refractivity contribution in [1.82, 2.24) is 4.72 Å². The summed E-state index contributed by atoms with van der Waals surface area (Å²) in [4.78, 5) is 0.744. The van der Waals surface area contributed by atoms with Crippen LogP contribution in [0, 0.1) is 0 Å². The molecule has 88 valence electrons. The summed E-state index contributed by atoms with van der Waals surface area (Å²) in [5.74, 6) is 0. The summed E-state index contributed by atoms with van der Waals surface area (Å²) in [6.45, 7) is 11.4. The Labute approximate surface area is 101 Å². The van der Waals surface area contributed by atoms with Gasteiger partial charge in [-0.25, -0.2) is 8.93 Å². The predicted molar refractivity (Wildman–Crippen MR) is 73.4 cm³/mol. The lowest BCUT2D eigenvalue weighted by atomic mass is 10.1. The van der Waals surface area contributed by atoms with Crippen molar-refractivity contribution >= 4 is 23.1 Å². The summed E-state index contributed by atoms with van der Waals surface area (Å²) in [6, 6.07) is 5.54. The van der Waals surface area contributed by atoms with Gasteiger partial charge in [0.05, 0.1) is 4.90 Å². The van der Waals surface area contributed by atoms with Crippen LogP contribution in [0.1, 0.15) is 25.0 Å². The summed E-state index contributed by atoms with van der Waals surface area (Å²) in [5, 5.41) is 0. The van der Waals surface area contributed by atoms with Gasteiger partial charge in [-0.05, 0) is 30.3 Å². The number of benzene rings is 1. The van der Waals surface area contributed by atoms with E-state index in [1.54, 1.807) is 19.2 Å². The standard InChI is InChI=1S/C11H13NOS.C2H6/c1-4-9-6-7-11(14(13)12-3)8-10(9)5-2;1-2/h4-8,12H,1-2H2,3H3;1-2H3. The van der Waals surface area contributed by atoms with E-state index in [1.807, 2.05) is 32.0 Å². The van der Waals surface area contributed by atoms with Crippen molar-refractivity contribution in [2.75, 3.05) is 7.05 Å². The molecule has 0 fully saturated rings. The van der Waals surface area contributed by atoms with Crippen molar-refractivity contribution in [3.8, 4) is 0 Å². The zero-order valence-corrected chi connectivity index (χ0v) is 10.9. The molecule has 0 aliphatic carbocycles. The molecule has 1 unspecified atom stereocenters. The highest BCUT2D eigenvalue weighted by Crippen LogP contribution is 2.16. The van der Waals surface area contributed by atoms with Crippen LogP contribution < -0.4 is 4.72 Å². The first kappa shape index (κ1) is 14.8. The van der Waals surface area contributed by atoms with E-state index in [4.69, 9.17) is 0 Å². The maximum atomic E-state index is 11.4. The molecule has 1 aromatic rings. The van der Waals surface area contributed by atoms with Gasteiger partial charge in [0, 0.05) is 0 Å². The monoisotopic (exact) mass is 237 g/mol. The Bertz CT molecular complexity index is 386. The van der Waals surface area contributed by atoms with Crippen LogP contribution in [0.5, 0.6) is 0 Å². The molecule has 0 aromatic heterocycles. The van der Waals surface area contributed by atoms with Crippen molar-refractivity contribution < 1.29 is 4.21 Å². The van der Waals surface area contributed by atoms with E-state index in [9.17, 15) is 4.21 Å². The topological polar surface area (TPSA) is 29.1 Å². The van der Waals surface area contributed by atoms with Crippen molar-refractivity contribution in [3.63, 3.8) is 0 Å². The molecule has 1 N–H and O–H groups in total. The Balaban J connectivity index is 0.00000106. The van der Waals surface area contributed by atoms with Crippen LogP contribution in [-0.4, -0.2) is 11.3 Å². The lowest BCUT2D eigenvalue weighted by Crippen LogP contribution is -2.10. The summed E-state index contributed by atoms with van der Waals surface area (Å²) < 4.78 is 14.1. The van der Waals surface area contributed by atoms with E-state index < -0.39 is 11.0 Å². The second-order valence-corrected chi connectivity index (χ2v) is 4.09. The van der Waals surface area contributed by atoms with Gasteiger partial charge in [0.1, 0.15) is 11.0 Å². The van der Waals surface area contributed by atoms with Crippen molar-refractivity contribution in [1.29, 1.82) is 0 Å². The first-order valence-corrected chi connectivity index (χ1v) is 6.36. The molecule has 1 rings (SSSR count). The fourth-order valence-corrected chi connectivity index (χ4v) is 1.81. The van der Waals surface area contributed by atoms with Gasteiger partial charge in [0.15, 0.2) is 0 Å². The molecule has 0 aliphatic rings. The van der Waals surface area contributed by atoms with Gasteiger partial charge in [0.25, 0.3) is 0 Å². The maximum Gasteiger partial charge on any atom is 0.124 e. The highest BCUT2D eigenvalue weighted by molar-refractivity contribution is 7.83. The van der Waals surface area contributed by atoms with E-state index in [0.29, 0.717) is 0 Å². The molecule has 1 atom stereocenters. The lowest BCUT2D eigenvalue weighted by molar-refractivity contribution is 0.678. The summed E-state index contributed by atoms with van der Waals surface area (Å²) in [6.07, 6.45) is 3.48. The van der Waals surface area contributed by atoms with Crippen LogP contribution in [0.25, 0.3) is 12.2 Å². The van der Waals surface area contributed by atoms with Gasteiger partial charge in [-0.1, -0.05) is 45.2 Å². The number of hydrogen-bond donors (Lipinski definition) is 1. The van der Waals surface area contributed by atoms with Crippen LogP contribution in [0.15, 0.2) is 36.3 Å². The highest BCUT2D eigenvalue weighted by Gasteiger charge is 2.03. The van der Waals surface area contributed by atoms with Crippen molar-refractivity contribution in [2.24, 2.45) is 0 Å². The third-order valence-electron chi connectivity index (χ3n) is 1.90. The molecule has 0 bridgehead atoms. The average molecular weight is 237 g/mol. The van der Waals surface area contributed by atoms with Gasteiger partial charge < -0.3 is 0 Å². The van der Waals surface area contributed by atoms with E-state index >= 15 is 0 Å². The first-order chi connectivity index (χ1) is 7.72. The molecule has 1 aromatic carbocycles. The second kappa shape index (κ2) is 8.02. The molecule has 3 heteroatoms. The van der Waals surface area contributed by atoms with Crippen LogP contribution in [0.4, 0.5) is 0 Å². The molecule has 0 saturated heterocycles. The minimum atomic E-state index is -1.14. The summed E-state index contributed by atoms with van der Waals surface area (Å²) in [7, 11) is 0.513. The molecule has 0 amide bonds. The maximum absolute atomic E-state index is 11.4. The zero-order chi connectivity index (χ0) is 12.6. The average Bonchev–Trinajstić information content (AvgIpc) is 2.39. The highest BCUT2D eigenvalue weighted by atomic mass is 32.2. The van der Waals surface area contributed by atoms with Gasteiger partial charge >= 0.3 is 0 Å². The molecule has 16 heavy (non-hydrogen) atoms. The fraction of sp³-hybridized carbons (Fsp3) is 0.231. The van der Waals surface area contributed by atoms with Crippen LogP contribution >= 0.6 is 0 Å². The molecule has 0 heterocycles. The van der Waals surface area contributed by atoms with E-state index in [-0.39, 0.29) is 0 Å². The van der Waals surface area contributed by atoms with Gasteiger partial charge in [-0.15, -0.1) is 0 Å². The van der Waals surface area contributed by atoms with E-state index in [0.717, 1.165) is 16.0 Å². The molecule has 2 nitrogen and oxygen atoms in total. The lowest BCUT2D eigenvalue weighted by Gasteiger charge is -2.04. The summed E-state index contributed by atoms with van der Waals surface area (Å²) in [5.41, 5.74) is 1.94. The van der Waals surface area contributed by atoms with Crippen molar-refractivity contribution in [2.45, 2.75) is 18.7 Å². The number of nitrogens with one attached hydrogen (secondary N) is 1. The quantitative estimate of drug-likeness (QED) is 0.855. The Hall–Kier alpha value is -1.19. The van der Waals surface area contributed by atoms with E-state index in [1.165, 1.54) is 0 Å². The normalized spacial score (nSPS) is 10.9. The predicted octanol–water partition coefficient (Wildman–Crippen LogP) is 3.24.